The molecule has 2 saturated heterocycles. The molecule has 7 heteroatoms. The Hall–Kier alpha value is -2.28. The Labute approximate surface area is 145 Å². The van der Waals surface area contributed by atoms with Gasteiger partial charge in [0.1, 0.15) is 6.04 Å². The third-order valence-corrected chi connectivity index (χ3v) is 5.63. The molecule has 0 bridgehead atoms. The normalized spacial score (nSPS) is 23.8. The van der Waals surface area contributed by atoms with Crippen molar-refractivity contribution in [3.05, 3.63) is 23.8 Å². The van der Waals surface area contributed by atoms with E-state index in [4.69, 9.17) is 14.6 Å². The summed E-state index contributed by atoms with van der Waals surface area (Å²) in [6.45, 7) is 2.34. The second kappa shape index (κ2) is 6.22. The molecule has 134 valence electrons. The van der Waals surface area contributed by atoms with Crippen LogP contribution in [0.4, 0.5) is 0 Å². The van der Waals surface area contributed by atoms with Crippen LogP contribution in [-0.4, -0.2) is 54.4 Å². The number of benzene rings is 1. The Kier molecular flexibility index (Phi) is 4.03. The van der Waals surface area contributed by atoms with Gasteiger partial charge in [-0.2, -0.15) is 0 Å². The van der Waals surface area contributed by atoms with Gasteiger partial charge in [-0.3, -0.25) is 9.59 Å². The Balaban J connectivity index is 1.33. The van der Waals surface area contributed by atoms with Crippen molar-refractivity contribution in [1.82, 2.24) is 10.2 Å². The highest BCUT2D eigenvalue weighted by molar-refractivity contribution is 5.79. The first kappa shape index (κ1) is 16.2. The van der Waals surface area contributed by atoms with Crippen LogP contribution >= 0.6 is 0 Å². The predicted octanol–water partition coefficient (Wildman–Crippen LogP) is 1.01. The fourth-order valence-electron chi connectivity index (χ4n) is 4.04. The largest absolute Gasteiger partial charge is 0.480 e. The molecule has 0 aliphatic carbocycles. The highest BCUT2D eigenvalue weighted by Gasteiger charge is 2.44. The Morgan fingerprint density at radius 1 is 1.24 bits per heavy atom. The maximum absolute atomic E-state index is 12.6. The standard InChI is InChI=1S/C18H22N2O5/c21-16(8-12-1-2-14-15(7-12)25-11-24-14)20-5-3-18(4-6-20)9-13(17(22)23)19-10-18/h1-2,7,13,19H,3-6,8-11H2,(H,22,23)/t13-/m1/s1. The molecule has 3 heterocycles. The van der Waals surface area contributed by atoms with E-state index in [1.165, 1.54) is 0 Å². The van der Waals surface area contributed by atoms with E-state index in [0.29, 0.717) is 31.7 Å². The molecule has 1 atom stereocenters. The summed E-state index contributed by atoms with van der Waals surface area (Å²) in [5.74, 6) is 0.741. The van der Waals surface area contributed by atoms with E-state index in [-0.39, 0.29) is 18.1 Å². The Morgan fingerprint density at radius 3 is 2.72 bits per heavy atom. The molecular formula is C18H22N2O5. The number of amides is 1. The van der Waals surface area contributed by atoms with Gasteiger partial charge in [-0.1, -0.05) is 6.07 Å². The SMILES string of the molecule is O=C(O)[C@H]1CC2(CCN(C(=O)Cc3ccc4c(c3)OCO4)CC2)CN1. The topological polar surface area (TPSA) is 88.1 Å². The average Bonchev–Trinajstić information content (AvgIpc) is 3.22. The molecule has 1 aromatic carbocycles. The van der Waals surface area contributed by atoms with Gasteiger partial charge in [0.25, 0.3) is 0 Å². The number of nitrogens with one attached hydrogen (secondary N) is 1. The highest BCUT2D eigenvalue weighted by atomic mass is 16.7. The van der Waals surface area contributed by atoms with Gasteiger partial charge in [0.2, 0.25) is 12.7 Å². The molecule has 2 fully saturated rings. The molecule has 2 N–H and O–H groups in total. The summed E-state index contributed by atoms with van der Waals surface area (Å²) in [6, 6.07) is 5.15. The molecule has 0 radical (unpaired) electrons. The molecule has 25 heavy (non-hydrogen) atoms. The number of nitrogens with zero attached hydrogens (tertiary/aromatic N) is 1. The van der Waals surface area contributed by atoms with Crippen LogP contribution in [-0.2, 0) is 16.0 Å². The number of hydrogen-bond donors (Lipinski definition) is 2. The van der Waals surface area contributed by atoms with Crippen LogP contribution in [0.3, 0.4) is 0 Å². The lowest BCUT2D eigenvalue weighted by Crippen LogP contribution is -2.44. The first-order chi connectivity index (χ1) is 12.0. The van der Waals surface area contributed by atoms with Crippen LogP contribution in [0.15, 0.2) is 18.2 Å². The minimum absolute atomic E-state index is 0.0264. The van der Waals surface area contributed by atoms with Gasteiger partial charge in [-0.15, -0.1) is 0 Å². The fourth-order valence-corrected chi connectivity index (χ4v) is 4.04. The van der Waals surface area contributed by atoms with Gasteiger partial charge in [-0.05, 0) is 42.4 Å². The zero-order valence-electron chi connectivity index (χ0n) is 14.0. The zero-order chi connectivity index (χ0) is 17.4. The molecule has 1 spiro atoms. The van der Waals surface area contributed by atoms with Crippen LogP contribution in [0, 0.1) is 5.41 Å². The molecule has 0 aromatic heterocycles. The number of carboxylic acids is 1. The minimum Gasteiger partial charge on any atom is -0.480 e. The lowest BCUT2D eigenvalue weighted by Gasteiger charge is -2.39. The fraction of sp³-hybridized carbons (Fsp3) is 0.556. The number of rotatable bonds is 3. The van der Waals surface area contributed by atoms with Gasteiger partial charge in [0.05, 0.1) is 6.42 Å². The van der Waals surface area contributed by atoms with Gasteiger partial charge >= 0.3 is 5.97 Å². The number of carbonyl (C=O) groups excluding carboxylic acids is 1. The van der Waals surface area contributed by atoms with Crippen molar-refractivity contribution >= 4 is 11.9 Å². The Morgan fingerprint density at radius 2 is 2.00 bits per heavy atom. The van der Waals surface area contributed by atoms with Crippen molar-refractivity contribution in [3.63, 3.8) is 0 Å². The van der Waals surface area contributed by atoms with Gasteiger partial charge in [-0.25, -0.2) is 0 Å². The summed E-state index contributed by atoms with van der Waals surface area (Å²) in [7, 11) is 0. The molecule has 0 saturated carbocycles. The maximum Gasteiger partial charge on any atom is 0.320 e. The number of hydrogen-bond acceptors (Lipinski definition) is 5. The smallest absolute Gasteiger partial charge is 0.320 e. The number of carbonyl (C=O) groups is 2. The minimum atomic E-state index is -0.779. The molecule has 7 nitrogen and oxygen atoms in total. The Bertz CT molecular complexity index is 697. The predicted molar refractivity (Wildman–Crippen MR) is 88.6 cm³/mol. The molecular weight excluding hydrogens is 324 g/mol. The van der Waals surface area contributed by atoms with E-state index in [0.717, 1.165) is 30.7 Å². The molecule has 0 unspecified atom stereocenters. The van der Waals surface area contributed by atoms with E-state index < -0.39 is 12.0 Å². The number of ether oxygens (including phenoxy) is 2. The molecule has 1 aromatic rings. The van der Waals surface area contributed by atoms with Crippen LogP contribution in [0.2, 0.25) is 0 Å². The summed E-state index contributed by atoms with van der Waals surface area (Å²) < 4.78 is 10.6. The van der Waals surface area contributed by atoms with Crippen molar-refractivity contribution in [2.24, 2.45) is 5.41 Å². The van der Waals surface area contributed by atoms with E-state index in [1.54, 1.807) is 0 Å². The number of likely N-dealkylation sites (tertiary alicyclic amines) is 1. The third-order valence-electron chi connectivity index (χ3n) is 5.63. The van der Waals surface area contributed by atoms with Crippen molar-refractivity contribution < 1.29 is 24.2 Å². The number of carboxylic acid groups (broad SMARTS) is 1. The summed E-state index contributed by atoms with van der Waals surface area (Å²) in [5.41, 5.74) is 0.946. The summed E-state index contributed by atoms with van der Waals surface area (Å²) in [5, 5.41) is 12.2. The number of fused-ring (bicyclic) bond motifs is 1. The lowest BCUT2D eigenvalue weighted by molar-refractivity contribution is -0.139. The van der Waals surface area contributed by atoms with E-state index in [9.17, 15) is 9.59 Å². The van der Waals surface area contributed by atoms with Gasteiger partial charge in [0.15, 0.2) is 11.5 Å². The first-order valence-electron chi connectivity index (χ1n) is 8.67. The van der Waals surface area contributed by atoms with Crippen molar-refractivity contribution in [2.75, 3.05) is 26.4 Å². The molecule has 4 rings (SSSR count). The van der Waals surface area contributed by atoms with Crippen molar-refractivity contribution in [1.29, 1.82) is 0 Å². The first-order valence-corrected chi connectivity index (χ1v) is 8.67. The van der Waals surface area contributed by atoms with Crippen molar-refractivity contribution in [3.8, 4) is 11.5 Å². The summed E-state index contributed by atoms with van der Waals surface area (Å²) >= 11 is 0. The third kappa shape index (κ3) is 3.16. The van der Waals surface area contributed by atoms with Crippen molar-refractivity contribution in [2.45, 2.75) is 31.7 Å². The lowest BCUT2D eigenvalue weighted by atomic mass is 9.76. The quantitative estimate of drug-likeness (QED) is 0.849. The second-order valence-electron chi connectivity index (χ2n) is 7.22. The molecule has 3 aliphatic rings. The molecule has 1 amide bonds. The summed E-state index contributed by atoms with van der Waals surface area (Å²) in [4.78, 5) is 25.6. The highest BCUT2D eigenvalue weighted by Crippen LogP contribution is 2.39. The summed E-state index contributed by atoms with van der Waals surface area (Å²) in [6.07, 6.45) is 2.72. The van der Waals surface area contributed by atoms with E-state index in [1.807, 2.05) is 23.1 Å². The second-order valence-corrected chi connectivity index (χ2v) is 7.22. The van der Waals surface area contributed by atoms with Gasteiger partial charge < -0.3 is 24.8 Å². The monoisotopic (exact) mass is 346 g/mol. The van der Waals surface area contributed by atoms with Crippen LogP contribution in [0.25, 0.3) is 0 Å². The zero-order valence-corrected chi connectivity index (χ0v) is 14.0. The van der Waals surface area contributed by atoms with Crippen LogP contribution in [0.1, 0.15) is 24.8 Å². The van der Waals surface area contributed by atoms with Crippen LogP contribution < -0.4 is 14.8 Å². The van der Waals surface area contributed by atoms with E-state index >= 15 is 0 Å². The molecule has 3 aliphatic heterocycles. The van der Waals surface area contributed by atoms with Crippen LogP contribution in [0.5, 0.6) is 11.5 Å². The van der Waals surface area contributed by atoms with E-state index in [2.05, 4.69) is 5.32 Å². The van der Waals surface area contributed by atoms with Gasteiger partial charge in [0, 0.05) is 19.6 Å². The maximum atomic E-state index is 12.6. The number of aliphatic carboxylic acids is 1. The number of piperidine rings is 1. The average molecular weight is 346 g/mol.